The molecule has 0 aliphatic carbocycles. The average molecular weight is 828 g/mol. The zero-order valence-corrected chi connectivity index (χ0v) is 36.4. The topological polar surface area (TPSA) is 151 Å². The van der Waals surface area contributed by atoms with Crippen LogP contribution < -0.4 is 5.73 Å². The van der Waals surface area contributed by atoms with E-state index in [1.807, 2.05) is 12.2 Å². The molecule has 0 aromatic heterocycles. The maximum atomic E-state index is 12.6. The summed E-state index contributed by atoms with van der Waals surface area (Å²) in [6.07, 6.45) is 51.2. The van der Waals surface area contributed by atoms with Gasteiger partial charge >= 0.3 is 19.8 Å². The van der Waals surface area contributed by atoms with E-state index >= 15 is 0 Å². The van der Waals surface area contributed by atoms with Gasteiger partial charge in [0.1, 0.15) is 6.61 Å². The van der Waals surface area contributed by atoms with E-state index < -0.39 is 32.5 Å². The van der Waals surface area contributed by atoms with Crippen LogP contribution >= 0.6 is 7.82 Å². The number of hydrogen-bond donors (Lipinski definition) is 2. The number of ether oxygens (including phenoxy) is 2. The molecular formula is C47H74NO9P. The molecule has 1 unspecified atom stereocenters. The SMILES string of the molecule is CC/C=C\C/C=C\C/C=C\C/C=C\C/C=C\CCCCCC(=O)O[C@H](COC(=O)CCCC(=O)/C=C/C=C\C/C=C\C/C=C\CCCCC)COP(=O)(O)OCCN. The summed E-state index contributed by atoms with van der Waals surface area (Å²) in [7, 11) is -4.45. The lowest BCUT2D eigenvalue weighted by atomic mass is 10.1. The van der Waals surface area contributed by atoms with Crippen LogP contribution in [0.4, 0.5) is 0 Å². The summed E-state index contributed by atoms with van der Waals surface area (Å²) in [6.45, 7) is 3.24. The Labute approximate surface area is 350 Å². The second-order valence-electron chi connectivity index (χ2n) is 13.5. The Morgan fingerprint density at radius 3 is 1.69 bits per heavy atom. The van der Waals surface area contributed by atoms with Crippen molar-refractivity contribution in [3.63, 3.8) is 0 Å². The van der Waals surface area contributed by atoms with Crippen molar-refractivity contribution in [3.05, 3.63) is 109 Å². The van der Waals surface area contributed by atoms with Gasteiger partial charge in [-0.1, -0.05) is 136 Å². The molecule has 0 aliphatic heterocycles. The molecular weight excluding hydrogens is 753 g/mol. The number of nitrogens with two attached hydrogens (primary N) is 1. The lowest BCUT2D eigenvalue weighted by Crippen LogP contribution is -2.29. The second-order valence-corrected chi connectivity index (χ2v) is 15.0. The molecule has 0 aromatic rings. The molecule has 10 nitrogen and oxygen atoms in total. The van der Waals surface area contributed by atoms with Gasteiger partial charge in [0.25, 0.3) is 0 Å². The van der Waals surface area contributed by atoms with Crippen molar-refractivity contribution in [1.29, 1.82) is 0 Å². The van der Waals surface area contributed by atoms with Gasteiger partial charge in [0.15, 0.2) is 11.9 Å². The quantitative estimate of drug-likeness (QED) is 0.0154. The largest absolute Gasteiger partial charge is 0.472 e. The summed E-state index contributed by atoms with van der Waals surface area (Å²) in [5, 5.41) is 0. The molecule has 58 heavy (non-hydrogen) atoms. The van der Waals surface area contributed by atoms with Gasteiger partial charge in [-0.25, -0.2) is 4.57 Å². The summed E-state index contributed by atoms with van der Waals surface area (Å²) < 4.78 is 32.5. The first kappa shape index (κ1) is 54.3. The molecule has 2 atom stereocenters. The standard InChI is InChI=1S/C47H74NO9P/c1-3-5-7-9-11-13-15-17-18-19-20-21-22-24-26-28-30-32-34-38-47(51)57-45(43-56-58(52,53)55-41-40-48)42-54-46(50)39-35-37-44(49)36-33-31-29-27-25-23-16-14-12-10-8-6-4-2/h5,7,11-14,17-18,20-21,23-26,29,31,33,36,45H,3-4,6,8-10,15-16,19,22,27-28,30,32,34-35,37-43,48H2,1-2H3,(H,52,53)/b7-5-,13-11-,14-12-,18-17-,21-20-,25-23-,26-24-,31-29-,36-33+/t45-/m1/s1. The maximum Gasteiger partial charge on any atom is 0.472 e. The molecule has 326 valence electrons. The van der Waals surface area contributed by atoms with Crippen LogP contribution in [0.15, 0.2) is 109 Å². The minimum Gasteiger partial charge on any atom is -0.462 e. The molecule has 0 saturated carbocycles. The molecule has 11 heteroatoms. The number of hydrogen-bond acceptors (Lipinski definition) is 9. The van der Waals surface area contributed by atoms with E-state index in [2.05, 4.69) is 98.9 Å². The van der Waals surface area contributed by atoms with Gasteiger partial charge in [0, 0.05) is 25.8 Å². The molecule has 0 aromatic carbocycles. The van der Waals surface area contributed by atoms with E-state index in [9.17, 15) is 23.8 Å². The monoisotopic (exact) mass is 828 g/mol. The second kappa shape index (κ2) is 41.5. The van der Waals surface area contributed by atoms with E-state index in [0.717, 1.165) is 70.6 Å². The summed E-state index contributed by atoms with van der Waals surface area (Å²) in [6, 6.07) is 0. The first-order valence-corrected chi connectivity index (χ1v) is 22.8. The predicted octanol–water partition coefficient (Wildman–Crippen LogP) is 11.6. The molecule has 0 spiro atoms. The van der Waals surface area contributed by atoms with Crippen LogP contribution in [0.2, 0.25) is 0 Å². The van der Waals surface area contributed by atoms with Crippen molar-refractivity contribution < 1.29 is 42.4 Å². The summed E-state index contributed by atoms with van der Waals surface area (Å²) in [5.74, 6) is -1.25. The number of carbonyl (C=O) groups is 3. The fourth-order valence-electron chi connectivity index (χ4n) is 4.96. The molecule has 0 heterocycles. The first-order valence-electron chi connectivity index (χ1n) is 21.3. The molecule has 3 N–H and O–H groups in total. The van der Waals surface area contributed by atoms with Gasteiger partial charge in [-0.15, -0.1) is 0 Å². The molecule has 0 rings (SSSR count). The maximum absolute atomic E-state index is 12.6. The van der Waals surface area contributed by atoms with Gasteiger partial charge in [-0.3, -0.25) is 23.4 Å². The minimum atomic E-state index is -4.45. The number of rotatable bonds is 38. The summed E-state index contributed by atoms with van der Waals surface area (Å²) in [5.41, 5.74) is 5.33. The number of phosphoric ester groups is 1. The van der Waals surface area contributed by atoms with Crippen LogP contribution in [0.5, 0.6) is 0 Å². The summed E-state index contributed by atoms with van der Waals surface area (Å²) in [4.78, 5) is 47.0. The normalized spacial score (nSPS) is 14.3. The Morgan fingerprint density at radius 2 is 1.12 bits per heavy atom. The lowest BCUT2D eigenvalue weighted by Gasteiger charge is -2.19. The average Bonchev–Trinajstić information content (AvgIpc) is 3.20. The van der Waals surface area contributed by atoms with Gasteiger partial charge in [-0.2, -0.15) is 0 Å². The molecule has 0 amide bonds. The Balaban J connectivity index is 4.45. The number of unbranched alkanes of at least 4 members (excludes halogenated alkanes) is 6. The van der Waals surface area contributed by atoms with Crippen LogP contribution in [0.1, 0.15) is 136 Å². The van der Waals surface area contributed by atoms with E-state index in [4.69, 9.17) is 24.3 Å². The van der Waals surface area contributed by atoms with Crippen molar-refractivity contribution >= 4 is 25.5 Å². The van der Waals surface area contributed by atoms with Crippen LogP contribution in [0.3, 0.4) is 0 Å². The van der Waals surface area contributed by atoms with E-state index in [-0.39, 0.29) is 51.2 Å². The molecule has 0 aliphatic rings. The van der Waals surface area contributed by atoms with E-state index in [1.54, 1.807) is 6.08 Å². The number of ketones is 1. The molecule has 0 bridgehead atoms. The van der Waals surface area contributed by atoms with Crippen LogP contribution in [0.25, 0.3) is 0 Å². The fourth-order valence-corrected chi connectivity index (χ4v) is 5.73. The Bertz CT molecular complexity index is 1370. The van der Waals surface area contributed by atoms with Gasteiger partial charge in [-0.05, 0) is 89.5 Å². The highest BCUT2D eigenvalue weighted by Crippen LogP contribution is 2.43. The Hall–Kier alpha value is -3.66. The van der Waals surface area contributed by atoms with E-state index in [0.29, 0.717) is 6.42 Å². The van der Waals surface area contributed by atoms with Crippen molar-refractivity contribution in [2.75, 3.05) is 26.4 Å². The van der Waals surface area contributed by atoms with Gasteiger partial charge in [0.05, 0.1) is 13.2 Å². The van der Waals surface area contributed by atoms with Crippen molar-refractivity contribution in [1.82, 2.24) is 0 Å². The van der Waals surface area contributed by atoms with Crippen LogP contribution in [-0.4, -0.2) is 55.1 Å². The molecule has 0 fully saturated rings. The third-order valence-corrected chi connectivity index (χ3v) is 9.10. The van der Waals surface area contributed by atoms with Gasteiger partial charge < -0.3 is 20.1 Å². The first-order chi connectivity index (χ1) is 28.2. The van der Waals surface area contributed by atoms with Crippen molar-refractivity contribution in [2.45, 2.75) is 142 Å². The van der Waals surface area contributed by atoms with E-state index in [1.165, 1.54) is 25.3 Å². The molecule has 0 saturated heterocycles. The smallest absolute Gasteiger partial charge is 0.462 e. The predicted molar refractivity (Wildman–Crippen MR) is 238 cm³/mol. The fraction of sp³-hybridized carbons (Fsp3) is 0.553. The van der Waals surface area contributed by atoms with Crippen molar-refractivity contribution in [2.24, 2.45) is 5.73 Å². The highest BCUT2D eigenvalue weighted by molar-refractivity contribution is 7.47. The number of carbonyl (C=O) groups excluding carboxylic acids is 3. The Kier molecular flexibility index (Phi) is 38.9. The molecule has 0 radical (unpaired) electrons. The lowest BCUT2D eigenvalue weighted by molar-refractivity contribution is -0.161. The zero-order valence-electron chi connectivity index (χ0n) is 35.5. The highest BCUT2D eigenvalue weighted by atomic mass is 31.2. The summed E-state index contributed by atoms with van der Waals surface area (Å²) >= 11 is 0. The van der Waals surface area contributed by atoms with Crippen LogP contribution in [-0.2, 0) is 37.5 Å². The third kappa shape index (κ3) is 40.5. The number of phosphoric acid groups is 1. The van der Waals surface area contributed by atoms with Crippen LogP contribution in [0, 0.1) is 0 Å². The Morgan fingerprint density at radius 1 is 0.586 bits per heavy atom. The van der Waals surface area contributed by atoms with Gasteiger partial charge in [0.2, 0.25) is 0 Å². The van der Waals surface area contributed by atoms with Crippen molar-refractivity contribution in [3.8, 4) is 0 Å². The highest BCUT2D eigenvalue weighted by Gasteiger charge is 2.26. The third-order valence-electron chi connectivity index (χ3n) is 8.12. The number of allylic oxidation sites excluding steroid dienone is 18. The zero-order chi connectivity index (χ0) is 42.6. The number of esters is 2. The minimum absolute atomic E-state index is 0.00911.